The normalized spacial score (nSPS) is 27.9. The van der Waals surface area contributed by atoms with Gasteiger partial charge in [-0.1, -0.05) is 32.0 Å². The predicted octanol–water partition coefficient (Wildman–Crippen LogP) is 4.31. The van der Waals surface area contributed by atoms with Crippen LogP contribution in [0.15, 0.2) is 34.7 Å². The number of rotatable bonds is 4. The molecule has 4 unspecified atom stereocenters. The van der Waals surface area contributed by atoms with Crippen molar-refractivity contribution in [3.05, 3.63) is 36.1 Å². The zero-order chi connectivity index (χ0) is 14.8. The number of hydrogen-bond donors (Lipinski definition) is 1. The molecule has 3 nitrogen and oxygen atoms in total. The van der Waals surface area contributed by atoms with Crippen LogP contribution in [-0.2, 0) is 4.74 Å². The number of benzene rings is 1. The van der Waals surface area contributed by atoms with E-state index in [-0.39, 0.29) is 6.10 Å². The molecule has 1 aromatic carbocycles. The number of fused-ring (bicyclic) bond motifs is 1. The van der Waals surface area contributed by atoms with Gasteiger partial charge in [-0.25, -0.2) is 0 Å². The van der Waals surface area contributed by atoms with Crippen molar-refractivity contribution >= 4 is 11.0 Å². The zero-order valence-electron chi connectivity index (χ0n) is 12.8. The molecule has 0 aliphatic heterocycles. The maximum atomic E-state index is 10.3. The van der Waals surface area contributed by atoms with Crippen LogP contribution in [0, 0.1) is 11.8 Å². The molecule has 3 heteroatoms. The molecule has 0 amide bonds. The average Bonchev–Trinajstić information content (AvgIpc) is 2.92. The highest BCUT2D eigenvalue weighted by atomic mass is 16.5. The number of aliphatic hydroxyl groups excluding tert-OH is 1. The van der Waals surface area contributed by atoms with Crippen molar-refractivity contribution in [2.45, 2.75) is 45.3 Å². The lowest BCUT2D eigenvalue weighted by Crippen LogP contribution is -2.28. The third-order valence-corrected chi connectivity index (χ3v) is 4.81. The molecule has 21 heavy (non-hydrogen) atoms. The van der Waals surface area contributed by atoms with Gasteiger partial charge in [-0.2, -0.15) is 0 Å². The first kappa shape index (κ1) is 14.6. The van der Waals surface area contributed by atoms with Gasteiger partial charge in [0, 0.05) is 5.39 Å². The number of furan rings is 1. The van der Waals surface area contributed by atoms with Crippen molar-refractivity contribution in [1.29, 1.82) is 0 Å². The molecule has 0 saturated heterocycles. The third-order valence-electron chi connectivity index (χ3n) is 4.81. The lowest BCUT2D eigenvalue weighted by Gasteiger charge is -2.32. The van der Waals surface area contributed by atoms with Gasteiger partial charge in [0.2, 0.25) is 0 Å². The van der Waals surface area contributed by atoms with Gasteiger partial charge in [0.1, 0.15) is 17.4 Å². The molecule has 0 bridgehead atoms. The summed E-state index contributed by atoms with van der Waals surface area (Å²) in [6.45, 7) is 4.91. The Morgan fingerprint density at radius 2 is 2.05 bits per heavy atom. The monoisotopic (exact) mass is 288 g/mol. The van der Waals surface area contributed by atoms with Crippen LogP contribution < -0.4 is 0 Å². The van der Waals surface area contributed by atoms with Gasteiger partial charge in [-0.3, -0.25) is 0 Å². The van der Waals surface area contributed by atoms with E-state index in [2.05, 4.69) is 13.8 Å². The van der Waals surface area contributed by atoms with Gasteiger partial charge < -0.3 is 14.3 Å². The van der Waals surface area contributed by atoms with Crippen molar-refractivity contribution in [3.8, 4) is 0 Å². The molecule has 114 valence electrons. The van der Waals surface area contributed by atoms with Crippen molar-refractivity contribution < 1.29 is 14.3 Å². The van der Waals surface area contributed by atoms with E-state index in [0.717, 1.165) is 29.7 Å². The minimum Gasteiger partial charge on any atom is -0.458 e. The van der Waals surface area contributed by atoms with Gasteiger partial charge >= 0.3 is 0 Å². The van der Waals surface area contributed by atoms with E-state index in [0.29, 0.717) is 18.3 Å². The van der Waals surface area contributed by atoms with Gasteiger partial charge in [0.15, 0.2) is 0 Å². The first-order valence-corrected chi connectivity index (χ1v) is 7.91. The molecule has 0 spiro atoms. The summed E-state index contributed by atoms with van der Waals surface area (Å²) in [5, 5.41) is 11.3. The number of aliphatic hydroxyl groups is 1. The summed E-state index contributed by atoms with van der Waals surface area (Å²) in [6, 6.07) is 9.70. The summed E-state index contributed by atoms with van der Waals surface area (Å²) >= 11 is 0. The standard InChI is InChI=1S/C18H24O3/c1-12-7-8-15(9-13(12)2)20-11-16(19)18-10-14-5-3-4-6-17(14)21-18/h3-6,10,12-13,15-16,19H,7-9,11H2,1-2H3. The molecule has 1 aliphatic rings. The first-order chi connectivity index (χ1) is 10.1. The lowest BCUT2D eigenvalue weighted by molar-refractivity contribution is -0.0444. The van der Waals surface area contributed by atoms with Crippen LogP contribution in [0.4, 0.5) is 0 Å². The molecular weight excluding hydrogens is 264 g/mol. The Bertz CT molecular complexity index is 556. The minimum absolute atomic E-state index is 0.273. The molecule has 4 atom stereocenters. The molecule has 1 aromatic heterocycles. The fourth-order valence-electron chi connectivity index (χ4n) is 3.13. The van der Waals surface area contributed by atoms with Crippen molar-refractivity contribution in [2.75, 3.05) is 6.61 Å². The zero-order valence-corrected chi connectivity index (χ0v) is 12.8. The quantitative estimate of drug-likeness (QED) is 0.911. The van der Waals surface area contributed by atoms with Gasteiger partial charge in [0.25, 0.3) is 0 Å². The average molecular weight is 288 g/mol. The Labute approximate surface area is 125 Å². The lowest BCUT2D eigenvalue weighted by atomic mass is 9.80. The van der Waals surface area contributed by atoms with Crippen LogP contribution in [0.3, 0.4) is 0 Å². The molecule has 1 N–H and O–H groups in total. The molecule has 1 fully saturated rings. The second-order valence-electron chi connectivity index (χ2n) is 6.43. The van der Waals surface area contributed by atoms with Crippen LogP contribution in [0.1, 0.15) is 45.0 Å². The van der Waals surface area contributed by atoms with Crippen molar-refractivity contribution in [2.24, 2.45) is 11.8 Å². The van der Waals surface area contributed by atoms with Crippen LogP contribution in [0.25, 0.3) is 11.0 Å². The highest BCUT2D eigenvalue weighted by Crippen LogP contribution is 2.32. The van der Waals surface area contributed by atoms with Gasteiger partial charge in [-0.05, 0) is 43.2 Å². The highest BCUT2D eigenvalue weighted by molar-refractivity contribution is 5.77. The van der Waals surface area contributed by atoms with Crippen molar-refractivity contribution in [1.82, 2.24) is 0 Å². The summed E-state index contributed by atoms with van der Waals surface area (Å²) in [5.74, 6) is 2.07. The second-order valence-corrected chi connectivity index (χ2v) is 6.43. The third kappa shape index (κ3) is 3.30. The maximum absolute atomic E-state index is 10.3. The van der Waals surface area contributed by atoms with E-state index in [1.807, 2.05) is 30.3 Å². The molecule has 3 rings (SSSR count). The largest absolute Gasteiger partial charge is 0.458 e. The van der Waals surface area contributed by atoms with Gasteiger partial charge in [0.05, 0.1) is 12.7 Å². The van der Waals surface area contributed by atoms with E-state index in [1.54, 1.807) is 0 Å². The second kappa shape index (κ2) is 6.20. The van der Waals surface area contributed by atoms with Crippen molar-refractivity contribution in [3.63, 3.8) is 0 Å². The topological polar surface area (TPSA) is 42.6 Å². The maximum Gasteiger partial charge on any atom is 0.136 e. The van der Waals surface area contributed by atoms with E-state index < -0.39 is 6.10 Å². The fraction of sp³-hybridized carbons (Fsp3) is 0.556. The van der Waals surface area contributed by atoms with Crippen LogP contribution in [0.5, 0.6) is 0 Å². The molecule has 0 radical (unpaired) electrons. The summed E-state index contributed by atoms with van der Waals surface area (Å²) in [4.78, 5) is 0. The Kier molecular flexibility index (Phi) is 4.32. The smallest absolute Gasteiger partial charge is 0.136 e. The van der Waals surface area contributed by atoms with Crippen LogP contribution in [0.2, 0.25) is 0 Å². The van der Waals surface area contributed by atoms with Crippen LogP contribution in [-0.4, -0.2) is 17.8 Å². The van der Waals surface area contributed by atoms with Gasteiger partial charge in [-0.15, -0.1) is 0 Å². The molecule has 2 aromatic rings. The Morgan fingerprint density at radius 1 is 1.24 bits per heavy atom. The minimum atomic E-state index is -0.688. The summed E-state index contributed by atoms with van der Waals surface area (Å²) in [7, 11) is 0. The summed E-state index contributed by atoms with van der Waals surface area (Å²) in [6.07, 6.45) is 2.99. The number of para-hydroxylation sites is 1. The van der Waals surface area contributed by atoms with E-state index in [9.17, 15) is 5.11 Å². The van der Waals surface area contributed by atoms with E-state index in [4.69, 9.17) is 9.15 Å². The molecular formula is C18H24O3. The molecule has 1 heterocycles. The SMILES string of the molecule is CC1CCC(OCC(O)c2cc3ccccc3o2)CC1C. The molecule has 1 aliphatic carbocycles. The first-order valence-electron chi connectivity index (χ1n) is 7.91. The predicted molar refractivity (Wildman–Crippen MR) is 83.1 cm³/mol. The molecule has 1 saturated carbocycles. The summed E-state index contributed by atoms with van der Waals surface area (Å²) in [5.41, 5.74) is 0.812. The van der Waals surface area contributed by atoms with E-state index in [1.165, 1.54) is 6.42 Å². The number of hydrogen-bond acceptors (Lipinski definition) is 3. The Balaban J connectivity index is 1.57. The van der Waals surface area contributed by atoms with Crippen LogP contribution >= 0.6 is 0 Å². The summed E-state index contributed by atoms with van der Waals surface area (Å²) < 4.78 is 11.6. The number of ether oxygens (including phenoxy) is 1. The Morgan fingerprint density at radius 3 is 2.81 bits per heavy atom. The highest BCUT2D eigenvalue weighted by Gasteiger charge is 2.26. The Hall–Kier alpha value is -1.32. The fourth-order valence-corrected chi connectivity index (χ4v) is 3.13. The van der Waals surface area contributed by atoms with E-state index >= 15 is 0 Å².